The summed E-state index contributed by atoms with van der Waals surface area (Å²) >= 11 is 0. The van der Waals surface area contributed by atoms with E-state index in [1.807, 2.05) is 12.1 Å². The summed E-state index contributed by atoms with van der Waals surface area (Å²) in [6.07, 6.45) is 1.31. The average molecular weight is 233 g/mol. The molecule has 0 saturated carbocycles. The lowest BCUT2D eigenvalue weighted by Gasteiger charge is -2.42. The number of benzene rings is 1. The molecule has 17 heavy (non-hydrogen) atoms. The molecule has 0 aromatic heterocycles. The van der Waals surface area contributed by atoms with E-state index in [0.717, 1.165) is 18.4 Å². The first kappa shape index (κ1) is 12.1. The van der Waals surface area contributed by atoms with E-state index in [4.69, 9.17) is 11.5 Å². The van der Waals surface area contributed by atoms with Crippen molar-refractivity contribution in [1.29, 1.82) is 0 Å². The van der Waals surface area contributed by atoms with Crippen LogP contribution in [-0.4, -0.2) is 12.6 Å². The molecule has 1 aromatic rings. The number of nitrogens with two attached hydrogens (primary N) is 2. The molecule has 0 amide bonds. The molecule has 0 spiro atoms. The van der Waals surface area contributed by atoms with Crippen LogP contribution in [0.25, 0.3) is 0 Å². The van der Waals surface area contributed by atoms with Crippen molar-refractivity contribution >= 4 is 17.1 Å². The van der Waals surface area contributed by atoms with Crippen LogP contribution < -0.4 is 16.4 Å². The molecule has 0 aliphatic carbocycles. The third-order valence-electron chi connectivity index (χ3n) is 4.00. The van der Waals surface area contributed by atoms with Gasteiger partial charge in [-0.1, -0.05) is 13.8 Å². The van der Waals surface area contributed by atoms with Crippen LogP contribution in [0.1, 0.15) is 27.2 Å². The van der Waals surface area contributed by atoms with Crippen LogP contribution >= 0.6 is 0 Å². The summed E-state index contributed by atoms with van der Waals surface area (Å²) in [6, 6.07) is 6.54. The zero-order chi connectivity index (χ0) is 12.6. The zero-order valence-electron chi connectivity index (χ0n) is 11.0. The van der Waals surface area contributed by atoms with Crippen molar-refractivity contribution < 1.29 is 0 Å². The van der Waals surface area contributed by atoms with Gasteiger partial charge in [0.2, 0.25) is 0 Å². The Bertz CT molecular complexity index is 402. The second kappa shape index (κ2) is 4.47. The van der Waals surface area contributed by atoms with Gasteiger partial charge in [-0.15, -0.1) is 0 Å². The number of nitrogen functional groups attached to an aromatic ring is 2. The fourth-order valence-corrected chi connectivity index (χ4v) is 2.80. The highest BCUT2D eigenvalue weighted by Crippen LogP contribution is 2.33. The van der Waals surface area contributed by atoms with Gasteiger partial charge in [0.1, 0.15) is 0 Å². The summed E-state index contributed by atoms with van der Waals surface area (Å²) in [5.41, 5.74) is 14.2. The standard InChI is InChI=1S/C14H23N3/c1-9-6-10(2)11(3)17(8-9)12-4-5-13(15)14(16)7-12/h4-5,7,9-11H,6,8,15-16H2,1-3H3. The molecule has 2 rings (SSSR count). The van der Waals surface area contributed by atoms with Crippen molar-refractivity contribution in [2.24, 2.45) is 11.8 Å². The van der Waals surface area contributed by atoms with Crippen LogP contribution in [0, 0.1) is 11.8 Å². The van der Waals surface area contributed by atoms with Crippen molar-refractivity contribution in [2.45, 2.75) is 33.2 Å². The second-order valence-electron chi connectivity index (χ2n) is 5.52. The Morgan fingerprint density at radius 3 is 2.47 bits per heavy atom. The molecule has 1 fully saturated rings. The average Bonchev–Trinajstić information content (AvgIpc) is 2.27. The van der Waals surface area contributed by atoms with Crippen LogP contribution in [0.3, 0.4) is 0 Å². The Balaban J connectivity index is 2.28. The van der Waals surface area contributed by atoms with Gasteiger partial charge in [-0.2, -0.15) is 0 Å². The van der Waals surface area contributed by atoms with Crippen LogP contribution in [0.4, 0.5) is 17.1 Å². The number of anilines is 3. The Hall–Kier alpha value is -1.38. The number of rotatable bonds is 1. The number of piperidine rings is 1. The van der Waals surface area contributed by atoms with Gasteiger partial charge in [0.15, 0.2) is 0 Å². The maximum atomic E-state index is 5.89. The Morgan fingerprint density at radius 2 is 1.82 bits per heavy atom. The van der Waals surface area contributed by atoms with E-state index < -0.39 is 0 Å². The van der Waals surface area contributed by atoms with E-state index in [0.29, 0.717) is 17.4 Å². The minimum absolute atomic E-state index is 0.564. The summed E-state index contributed by atoms with van der Waals surface area (Å²) in [5, 5.41) is 0. The van der Waals surface area contributed by atoms with E-state index >= 15 is 0 Å². The molecule has 0 radical (unpaired) electrons. The van der Waals surface area contributed by atoms with Gasteiger partial charge in [-0.3, -0.25) is 0 Å². The van der Waals surface area contributed by atoms with Crippen LogP contribution in [0.2, 0.25) is 0 Å². The maximum absolute atomic E-state index is 5.89. The van der Waals surface area contributed by atoms with Crippen molar-refractivity contribution in [3.63, 3.8) is 0 Å². The van der Waals surface area contributed by atoms with Crippen LogP contribution in [0.5, 0.6) is 0 Å². The van der Waals surface area contributed by atoms with E-state index in [1.54, 1.807) is 0 Å². The molecule has 3 nitrogen and oxygen atoms in total. The third-order valence-corrected chi connectivity index (χ3v) is 4.00. The summed E-state index contributed by atoms with van der Waals surface area (Å²) in [4.78, 5) is 2.45. The molecule has 0 bridgehead atoms. The molecule has 1 aliphatic heterocycles. The van der Waals surface area contributed by atoms with E-state index in [2.05, 4.69) is 31.7 Å². The molecule has 3 unspecified atom stereocenters. The number of hydrogen-bond donors (Lipinski definition) is 2. The highest BCUT2D eigenvalue weighted by molar-refractivity contribution is 5.70. The number of hydrogen-bond acceptors (Lipinski definition) is 3. The van der Waals surface area contributed by atoms with Crippen molar-refractivity contribution in [1.82, 2.24) is 0 Å². The molecular weight excluding hydrogens is 210 g/mol. The summed E-state index contributed by atoms with van der Waals surface area (Å²) in [7, 11) is 0. The van der Waals surface area contributed by atoms with Gasteiger partial charge < -0.3 is 16.4 Å². The van der Waals surface area contributed by atoms with Crippen molar-refractivity contribution in [3.05, 3.63) is 18.2 Å². The van der Waals surface area contributed by atoms with E-state index in [1.165, 1.54) is 12.1 Å². The monoisotopic (exact) mass is 233 g/mol. The second-order valence-corrected chi connectivity index (χ2v) is 5.52. The van der Waals surface area contributed by atoms with Crippen molar-refractivity contribution in [2.75, 3.05) is 22.9 Å². The molecule has 1 saturated heterocycles. The van der Waals surface area contributed by atoms with Gasteiger partial charge in [-0.25, -0.2) is 0 Å². The fourth-order valence-electron chi connectivity index (χ4n) is 2.80. The molecule has 3 heteroatoms. The van der Waals surface area contributed by atoms with E-state index in [-0.39, 0.29) is 0 Å². The lowest BCUT2D eigenvalue weighted by Crippen LogP contribution is -2.45. The van der Waals surface area contributed by atoms with Crippen LogP contribution in [-0.2, 0) is 0 Å². The normalized spacial score (nSPS) is 29.4. The minimum atomic E-state index is 0.564. The zero-order valence-corrected chi connectivity index (χ0v) is 11.0. The Labute approximate surface area is 104 Å². The molecular formula is C14H23N3. The summed E-state index contributed by atoms with van der Waals surface area (Å²) in [6.45, 7) is 8.04. The van der Waals surface area contributed by atoms with Gasteiger partial charge in [0.05, 0.1) is 11.4 Å². The van der Waals surface area contributed by atoms with Crippen molar-refractivity contribution in [3.8, 4) is 0 Å². The molecule has 4 N–H and O–H groups in total. The molecule has 1 heterocycles. The first-order valence-electron chi connectivity index (χ1n) is 6.40. The van der Waals surface area contributed by atoms with Gasteiger partial charge >= 0.3 is 0 Å². The summed E-state index contributed by atoms with van der Waals surface area (Å²) < 4.78 is 0. The van der Waals surface area contributed by atoms with Gasteiger partial charge in [0.25, 0.3) is 0 Å². The highest BCUT2D eigenvalue weighted by Gasteiger charge is 2.28. The largest absolute Gasteiger partial charge is 0.397 e. The molecule has 3 atom stereocenters. The lowest BCUT2D eigenvalue weighted by atomic mass is 9.85. The van der Waals surface area contributed by atoms with Gasteiger partial charge in [-0.05, 0) is 43.4 Å². The van der Waals surface area contributed by atoms with Crippen LogP contribution in [0.15, 0.2) is 18.2 Å². The predicted octanol–water partition coefficient (Wildman–Crippen LogP) is 2.72. The fraction of sp³-hybridized carbons (Fsp3) is 0.571. The number of nitrogens with zero attached hydrogens (tertiary/aromatic N) is 1. The third kappa shape index (κ3) is 2.33. The maximum Gasteiger partial charge on any atom is 0.0568 e. The highest BCUT2D eigenvalue weighted by atomic mass is 15.2. The Morgan fingerprint density at radius 1 is 1.12 bits per heavy atom. The first-order chi connectivity index (χ1) is 7.99. The topological polar surface area (TPSA) is 55.3 Å². The van der Waals surface area contributed by atoms with E-state index in [9.17, 15) is 0 Å². The quantitative estimate of drug-likeness (QED) is 0.733. The summed E-state index contributed by atoms with van der Waals surface area (Å²) in [5.74, 6) is 1.46. The van der Waals surface area contributed by atoms with Gasteiger partial charge in [0, 0.05) is 18.3 Å². The Kier molecular flexibility index (Phi) is 3.18. The SMILES string of the molecule is CC1CC(C)C(C)N(c2ccc(N)c(N)c2)C1. The first-order valence-corrected chi connectivity index (χ1v) is 6.40. The smallest absolute Gasteiger partial charge is 0.0568 e. The lowest BCUT2D eigenvalue weighted by molar-refractivity contribution is 0.297. The molecule has 1 aromatic carbocycles. The predicted molar refractivity (Wildman–Crippen MR) is 75.0 cm³/mol. The molecule has 94 valence electrons. The molecule has 1 aliphatic rings. The minimum Gasteiger partial charge on any atom is -0.397 e.